The number of imidazole rings is 1. The fourth-order valence-corrected chi connectivity index (χ4v) is 4.27. The first-order valence-electron chi connectivity index (χ1n) is 10.0. The van der Waals surface area contributed by atoms with Crippen molar-refractivity contribution in [3.8, 4) is 5.75 Å². The zero-order valence-corrected chi connectivity index (χ0v) is 19.3. The highest BCUT2D eigenvalue weighted by atomic mass is 127. The minimum absolute atomic E-state index is 0.0395. The number of amides is 3. The molecule has 3 aromatic rings. The number of aliphatic hydroxyl groups excluding tert-OH is 1. The van der Waals surface area contributed by atoms with E-state index in [1.165, 1.54) is 4.90 Å². The van der Waals surface area contributed by atoms with Crippen LogP contribution < -0.4 is 10.1 Å². The predicted octanol–water partition coefficient (Wildman–Crippen LogP) is 3.53. The smallest absolute Gasteiger partial charge is 0.325 e. The number of hydrogen-bond donors (Lipinski definition) is 3. The Morgan fingerprint density at radius 3 is 2.61 bits per heavy atom. The molecule has 2 atom stereocenters. The molecule has 1 aliphatic rings. The van der Waals surface area contributed by atoms with Gasteiger partial charge in [0.05, 0.1) is 17.6 Å². The van der Waals surface area contributed by atoms with Gasteiger partial charge in [-0.15, -0.1) is 0 Å². The summed E-state index contributed by atoms with van der Waals surface area (Å²) in [5.41, 5.74) is 2.33. The molecule has 1 fully saturated rings. The molecule has 3 amide bonds. The van der Waals surface area contributed by atoms with E-state index in [4.69, 9.17) is 9.84 Å². The maximum atomic E-state index is 13.3. The van der Waals surface area contributed by atoms with Gasteiger partial charge in [0, 0.05) is 3.57 Å². The molecular weight excluding hydrogens is 511 g/mol. The van der Waals surface area contributed by atoms with Crippen molar-refractivity contribution < 1.29 is 19.4 Å². The first-order valence-corrected chi connectivity index (χ1v) is 11.1. The highest BCUT2D eigenvalue weighted by Gasteiger charge is 2.45. The highest BCUT2D eigenvalue weighted by Crippen LogP contribution is 2.34. The van der Waals surface area contributed by atoms with Gasteiger partial charge in [-0.05, 0) is 64.4 Å². The van der Waals surface area contributed by atoms with Crippen molar-refractivity contribution in [2.45, 2.75) is 25.9 Å². The monoisotopic (exact) mass is 534 g/mol. The fourth-order valence-electron chi connectivity index (χ4n) is 3.78. The molecular formula is C22H23IN4O4. The highest BCUT2D eigenvalue weighted by molar-refractivity contribution is 14.1. The summed E-state index contributed by atoms with van der Waals surface area (Å²) in [5.74, 6) is 0.817. The van der Waals surface area contributed by atoms with Crippen LogP contribution in [0.1, 0.15) is 37.3 Å². The number of carbonyl (C=O) groups excluding carboxylic acids is 2. The van der Waals surface area contributed by atoms with E-state index in [9.17, 15) is 9.59 Å². The number of benzene rings is 2. The fraction of sp³-hybridized carbons (Fsp3) is 0.318. The van der Waals surface area contributed by atoms with Crippen molar-refractivity contribution >= 4 is 45.6 Å². The Morgan fingerprint density at radius 1 is 1.19 bits per heavy atom. The number of carbonyl (C=O) groups is 2. The quantitative estimate of drug-likeness (QED) is 0.318. The topological polar surface area (TPSA) is 108 Å². The number of H-pyrrole nitrogens is 1. The van der Waals surface area contributed by atoms with E-state index in [1.807, 2.05) is 32.0 Å². The maximum Gasteiger partial charge on any atom is 0.325 e. The molecule has 1 aromatic heterocycles. The number of nitrogens with one attached hydrogen (secondary N) is 2. The van der Waals surface area contributed by atoms with Gasteiger partial charge in [-0.3, -0.25) is 9.69 Å². The summed E-state index contributed by atoms with van der Waals surface area (Å²) >= 11 is 2.23. The van der Waals surface area contributed by atoms with Crippen LogP contribution in [0.4, 0.5) is 4.79 Å². The number of hydrogen-bond acceptors (Lipinski definition) is 5. The number of aromatic amines is 1. The van der Waals surface area contributed by atoms with E-state index in [0.29, 0.717) is 17.1 Å². The van der Waals surface area contributed by atoms with Gasteiger partial charge >= 0.3 is 6.03 Å². The number of rotatable bonds is 7. The Morgan fingerprint density at radius 2 is 1.94 bits per heavy atom. The Labute approximate surface area is 193 Å². The van der Waals surface area contributed by atoms with E-state index in [1.54, 1.807) is 24.3 Å². The number of fused-ring (bicyclic) bond motifs is 1. The van der Waals surface area contributed by atoms with Crippen molar-refractivity contribution in [2.75, 3.05) is 13.2 Å². The normalized spacial score (nSPS) is 17.5. The maximum absolute atomic E-state index is 13.3. The Bertz CT molecular complexity index is 1110. The molecule has 0 aliphatic carbocycles. The summed E-state index contributed by atoms with van der Waals surface area (Å²) in [6.45, 7) is 4.04. The molecule has 8 nitrogen and oxygen atoms in total. The van der Waals surface area contributed by atoms with Crippen molar-refractivity contribution in [2.24, 2.45) is 5.92 Å². The van der Waals surface area contributed by atoms with Gasteiger partial charge in [0.2, 0.25) is 0 Å². The second-order valence-corrected chi connectivity index (χ2v) is 8.95. The number of ether oxygens (including phenoxy) is 1. The average Bonchev–Trinajstić information content (AvgIpc) is 3.28. The third-order valence-electron chi connectivity index (χ3n) is 5.20. The van der Waals surface area contributed by atoms with Crippen LogP contribution in [0.5, 0.6) is 5.75 Å². The van der Waals surface area contributed by atoms with E-state index >= 15 is 0 Å². The van der Waals surface area contributed by atoms with Crippen LogP contribution in [-0.4, -0.2) is 45.1 Å². The lowest BCUT2D eigenvalue weighted by atomic mass is 10.0. The molecule has 0 saturated carbocycles. The van der Waals surface area contributed by atoms with Gasteiger partial charge < -0.3 is 20.1 Å². The lowest BCUT2D eigenvalue weighted by Crippen LogP contribution is -2.38. The summed E-state index contributed by atoms with van der Waals surface area (Å²) in [6, 6.07) is 11.1. The summed E-state index contributed by atoms with van der Waals surface area (Å²) in [4.78, 5) is 35.4. The van der Waals surface area contributed by atoms with Crippen LogP contribution in [0.3, 0.4) is 0 Å². The van der Waals surface area contributed by atoms with E-state index < -0.39 is 18.1 Å². The van der Waals surface area contributed by atoms with Gasteiger partial charge in [-0.2, -0.15) is 0 Å². The zero-order chi connectivity index (χ0) is 22.1. The molecule has 1 aliphatic heterocycles. The van der Waals surface area contributed by atoms with Crippen molar-refractivity contribution in [1.29, 1.82) is 0 Å². The van der Waals surface area contributed by atoms with E-state index in [-0.39, 0.29) is 25.0 Å². The first kappa shape index (κ1) is 21.6. The van der Waals surface area contributed by atoms with Gasteiger partial charge in [0.25, 0.3) is 5.91 Å². The molecule has 1 saturated heterocycles. The van der Waals surface area contributed by atoms with Crippen molar-refractivity contribution in [1.82, 2.24) is 20.2 Å². The molecule has 0 unspecified atom stereocenters. The first-order chi connectivity index (χ1) is 14.9. The number of nitrogens with zero attached hydrogens (tertiary/aromatic N) is 2. The van der Waals surface area contributed by atoms with Gasteiger partial charge in [0.1, 0.15) is 30.3 Å². The van der Waals surface area contributed by atoms with E-state index in [0.717, 1.165) is 14.6 Å². The Hall–Kier alpha value is -2.66. The molecule has 4 rings (SSSR count). The molecule has 9 heteroatoms. The SMILES string of the molecule is CC(C)[C@H](c1nc2ccc(I)cc2[nH]1)N1C(=O)N[C@@H](c2ccc(OCCO)cc2)C1=O. The largest absolute Gasteiger partial charge is 0.491 e. The van der Waals surface area contributed by atoms with Crippen LogP contribution in [-0.2, 0) is 4.79 Å². The second kappa shape index (κ2) is 8.83. The van der Waals surface area contributed by atoms with Crippen LogP contribution in [0.25, 0.3) is 11.0 Å². The standard InChI is InChI=1S/C22H23IN4O4/c1-12(2)19(20-24-16-8-5-14(23)11-17(16)25-20)27-21(29)18(26-22(27)30)13-3-6-15(7-4-13)31-10-9-28/h3-8,11-12,18-19,28H,9-10H2,1-2H3,(H,24,25)(H,26,30)/t18-,19+/m0/s1. The van der Waals surface area contributed by atoms with Crippen molar-refractivity contribution in [3.63, 3.8) is 0 Å². The summed E-state index contributed by atoms with van der Waals surface area (Å²) < 4.78 is 6.43. The summed E-state index contributed by atoms with van der Waals surface area (Å²) in [6.07, 6.45) is 0. The molecule has 31 heavy (non-hydrogen) atoms. The third kappa shape index (κ3) is 4.24. The van der Waals surface area contributed by atoms with Gasteiger partial charge in [-0.25, -0.2) is 9.78 Å². The third-order valence-corrected chi connectivity index (χ3v) is 5.87. The van der Waals surface area contributed by atoms with E-state index in [2.05, 4.69) is 37.9 Å². The number of imide groups is 1. The van der Waals surface area contributed by atoms with Gasteiger partial charge in [-0.1, -0.05) is 26.0 Å². The molecule has 2 aromatic carbocycles. The predicted molar refractivity (Wildman–Crippen MR) is 124 cm³/mol. The Kier molecular flexibility index (Phi) is 6.15. The summed E-state index contributed by atoms with van der Waals surface area (Å²) in [7, 11) is 0. The van der Waals surface area contributed by atoms with Crippen LogP contribution >= 0.6 is 22.6 Å². The number of halogens is 1. The van der Waals surface area contributed by atoms with Gasteiger partial charge in [0.15, 0.2) is 0 Å². The molecule has 162 valence electrons. The summed E-state index contributed by atoms with van der Waals surface area (Å²) in [5, 5.41) is 11.7. The lowest BCUT2D eigenvalue weighted by Gasteiger charge is -2.27. The van der Waals surface area contributed by atoms with Crippen molar-refractivity contribution in [3.05, 3.63) is 57.4 Å². The zero-order valence-electron chi connectivity index (χ0n) is 17.1. The minimum atomic E-state index is -0.772. The molecule has 0 spiro atoms. The number of aromatic nitrogens is 2. The molecule has 3 N–H and O–H groups in total. The van der Waals surface area contributed by atoms with Crippen LogP contribution in [0, 0.1) is 9.49 Å². The number of urea groups is 1. The molecule has 0 radical (unpaired) electrons. The molecule has 0 bridgehead atoms. The van der Waals surface area contributed by atoms with Crippen LogP contribution in [0.2, 0.25) is 0 Å². The average molecular weight is 534 g/mol. The molecule has 2 heterocycles. The second-order valence-electron chi connectivity index (χ2n) is 7.70. The number of aliphatic hydroxyl groups is 1. The van der Waals surface area contributed by atoms with Crippen LogP contribution in [0.15, 0.2) is 42.5 Å². The minimum Gasteiger partial charge on any atom is -0.491 e. The lowest BCUT2D eigenvalue weighted by molar-refractivity contribution is -0.130. The Balaban J connectivity index is 1.62.